The number of benzene rings is 1. The van der Waals surface area contributed by atoms with Crippen molar-refractivity contribution in [2.75, 3.05) is 38.1 Å². The Morgan fingerprint density at radius 1 is 1.15 bits per heavy atom. The molecule has 9 heteroatoms. The van der Waals surface area contributed by atoms with Crippen LogP contribution in [0.1, 0.15) is 18.4 Å². The van der Waals surface area contributed by atoms with E-state index in [-0.39, 0.29) is 33.1 Å². The van der Waals surface area contributed by atoms with Crippen molar-refractivity contribution in [1.82, 2.24) is 10.6 Å². The summed E-state index contributed by atoms with van der Waals surface area (Å²) in [5.41, 5.74) is 0.300. The summed E-state index contributed by atoms with van der Waals surface area (Å²) < 4.78 is 16.3. The fraction of sp³-hybridized carbons (Fsp3) is 0.556. The van der Waals surface area contributed by atoms with Crippen LogP contribution in [0.2, 0.25) is 0 Å². The van der Waals surface area contributed by atoms with Crippen molar-refractivity contribution < 1.29 is 28.9 Å². The van der Waals surface area contributed by atoms with E-state index in [1.807, 2.05) is 17.8 Å². The van der Waals surface area contributed by atoms with Crippen LogP contribution in [0.15, 0.2) is 18.2 Å². The molecule has 0 aliphatic carbocycles. The summed E-state index contributed by atoms with van der Waals surface area (Å²) >= 11 is 1.83. The van der Waals surface area contributed by atoms with Crippen molar-refractivity contribution in [3.63, 3.8) is 0 Å². The highest BCUT2D eigenvalue weighted by Gasteiger charge is 2.34. The molecule has 0 radical (unpaired) electrons. The fourth-order valence-electron chi connectivity index (χ4n) is 3.01. The van der Waals surface area contributed by atoms with Crippen LogP contribution in [0.25, 0.3) is 0 Å². The average Bonchev–Trinajstić information content (AvgIpc) is 3.17. The first-order valence-corrected chi connectivity index (χ1v) is 10.0. The predicted molar refractivity (Wildman–Crippen MR) is 99.7 cm³/mol. The molecule has 3 N–H and O–H groups in total. The molecule has 2 aliphatic heterocycles. The maximum atomic E-state index is 12.1. The van der Waals surface area contributed by atoms with E-state index in [1.54, 1.807) is 12.1 Å². The van der Waals surface area contributed by atoms with Gasteiger partial charge in [0.1, 0.15) is 0 Å². The van der Waals surface area contributed by atoms with Crippen LogP contribution < -0.4 is 20.1 Å². The van der Waals surface area contributed by atoms with Crippen molar-refractivity contribution in [2.24, 2.45) is 0 Å². The monoisotopic (exact) mass is 396 g/mol. The predicted octanol–water partition coefficient (Wildman–Crippen LogP) is 0.422. The van der Waals surface area contributed by atoms with Crippen molar-refractivity contribution in [3.05, 3.63) is 23.8 Å². The van der Waals surface area contributed by atoms with Gasteiger partial charge in [-0.15, -0.1) is 0 Å². The number of carbonyl (C=O) groups excluding carboxylic acids is 2. The lowest BCUT2D eigenvalue weighted by Crippen LogP contribution is -2.50. The number of aliphatic hydroxyl groups excluding tert-OH is 1. The molecule has 27 heavy (non-hydrogen) atoms. The first-order valence-electron chi connectivity index (χ1n) is 8.89. The van der Waals surface area contributed by atoms with Gasteiger partial charge in [0, 0.05) is 13.1 Å². The molecule has 0 spiro atoms. The fourth-order valence-corrected chi connectivity index (χ4v) is 4.25. The standard InChI is InChI=1S/C18H24N2O6S/c21-5-6-26-18(3-7-27-8-4-18)11-20-17(23)16(22)19-10-13-1-2-14-15(9-13)25-12-24-14/h1-2,9,21H,3-8,10-12H2,(H,19,22)(H,20,23). The Morgan fingerprint density at radius 2 is 1.89 bits per heavy atom. The molecule has 148 valence electrons. The van der Waals surface area contributed by atoms with Gasteiger partial charge in [0.15, 0.2) is 11.5 Å². The average molecular weight is 396 g/mol. The topological polar surface area (TPSA) is 106 Å². The summed E-state index contributed by atoms with van der Waals surface area (Å²) in [5, 5.41) is 14.3. The second kappa shape index (κ2) is 9.29. The van der Waals surface area contributed by atoms with Crippen LogP contribution >= 0.6 is 11.8 Å². The molecule has 0 saturated carbocycles. The molecule has 2 heterocycles. The molecule has 3 rings (SSSR count). The molecule has 0 unspecified atom stereocenters. The van der Waals surface area contributed by atoms with Gasteiger partial charge in [0.05, 0.1) is 18.8 Å². The Bertz CT molecular complexity index is 678. The van der Waals surface area contributed by atoms with Gasteiger partial charge in [-0.05, 0) is 42.0 Å². The highest BCUT2D eigenvalue weighted by atomic mass is 32.2. The molecule has 1 aromatic carbocycles. The van der Waals surface area contributed by atoms with E-state index in [2.05, 4.69) is 10.6 Å². The summed E-state index contributed by atoms with van der Waals surface area (Å²) in [6, 6.07) is 5.36. The molecular weight excluding hydrogens is 372 g/mol. The van der Waals surface area contributed by atoms with E-state index in [0.717, 1.165) is 29.9 Å². The quantitative estimate of drug-likeness (QED) is 0.574. The Morgan fingerprint density at radius 3 is 2.67 bits per heavy atom. The number of nitrogens with one attached hydrogen (secondary N) is 2. The molecule has 0 atom stereocenters. The third-order valence-electron chi connectivity index (χ3n) is 4.57. The smallest absolute Gasteiger partial charge is 0.309 e. The number of rotatable bonds is 7. The van der Waals surface area contributed by atoms with Crippen molar-refractivity contribution in [2.45, 2.75) is 25.0 Å². The summed E-state index contributed by atoms with van der Waals surface area (Å²) in [5.74, 6) is 1.76. The van der Waals surface area contributed by atoms with Crippen molar-refractivity contribution in [1.29, 1.82) is 0 Å². The first-order chi connectivity index (χ1) is 13.1. The van der Waals surface area contributed by atoms with Gasteiger partial charge in [0.25, 0.3) is 0 Å². The van der Waals surface area contributed by atoms with E-state index in [9.17, 15) is 9.59 Å². The lowest BCUT2D eigenvalue weighted by Gasteiger charge is -2.36. The molecule has 1 aromatic rings. The zero-order chi connectivity index (χ0) is 19.1. The zero-order valence-electron chi connectivity index (χ0n) is 15.0. The number of amides is 2. The number of hydrogen-bond donors (Lipinski definition) is 3. The van der Waals surface area contributed by atoms with Crippen LogP contribution in [0, 0.1) is 0 Å². The van der Waals surface area contributed by atoms with E-state index in [4.69, 9.17) is 19.3 Å². The van der Waals surface area contributed by atoms with Crippen molar-refractivity contribution in [3.8, 4) is 11.5 Å². The molecule has 0 bridgehead atoms. The van der Waals surface area contributed by atoms with Crippen LogP contribution in [0.4, 0.5) is 0 Å². The highest BCUT2D eigenvalue weighted by molar-refractivity contribution is 7.99. The second-order valence-electron chi connectivity index (χ2n) is 6.42. The minimum absolute atomic E-state index is 0.0706. The van der Waals surface area contributed by atoms with Crippen LogP contribution in [0.3, 0.4) is 0 Å². The molecule has 2 amide bonds. The number of aliphatic hydroxyl groups is 1. The van der Waals surface area contributed by atoms with Crippen LogP contribution in [-0.2, 0) is 20.9 Å². The van der Waals surface area contributed by atoms with E-state index < -0.39 is 17.4 Å². The van der Waals surface area contributed by atoms with Crippen molar-refractivity contribution >= 4 is 23.6 Å². The Hall–Kier alpha value is -1.97. The normalized spacial score (nSPS) is 17.4. The Labute approximate surface area is 161 Å². The van der Waals surface area contributed by atoms with Gasteiger partial charge in [-0.3, -0.25) is 9.59 Å². The van der Waals surface area contributed by atoms with Gasteiger partial charge in [-0.2, -0.15) is 11.8 Å². The van der Waals surface area contributed by atoms with Crippen LogP contribution in [-0.4, -0.2) is 60.6 Å². The van der Waals surface area contributed by atoms with E-state index in [1.165, 1.54) is 0 Å². The number of hydrogen-bond acceptors (Lipinski definition) is 7. The molecule has 8 nitrogen and oxygen atoms in total. The number of ether oxygens (including phenoxy) is 3. The summed E-state index contributed by atoms with van der Waals surface area (Å²) in [6.07, 6.45) is 1.55. The Kier molecular flexibility index (Phi) is 6.81. The maximum absolute atomic E-state index is 12.1. The van der Waals surface area contributed by atoms with Gasteiger partial charge < -0.3 is 30.0 Å². The molecule has 1 saturated heterocycles. The highest BCUT2D eigenvalue weighted by Crippen LogP contribution is 2.32. The number of carbonyl (C=O) groups is 2. The third-order valence-corrected chi connectivity index (χ3v) is 5.56. The van der Waals surface area contributed by atoms with Crippen LogP contribution in [0.5, 0.6) is 11.5 Å². The van der Waals surface area contributed by atoms with Gasteiger partial charge in [-0.25, -0.2) is 0 Å². The second-order valence-corrected chi connectivity index (χ2v) is 7.65. The largest absolute Gasteiger partial charge is 0.454 e. The summed E-state index contributed by atoms with van der Waals surface area (Å²) in [7, 11) is 0. The maximum Gasteiger partial charge on any atom is 0.309 e. The minimum atomic E-state index is -0.699. The lowest BCUT2D eigenvalue weighted by molar-refractivity contribution is -0.140. The Balaban J connectivity index is 1.47. The first kappa shape index (κ1) is 19.8. The summed E-state index contributed by atoms with van der Waals surface area (Å²) in [6.45, 7) is 0.803. The molecule has 1 fully saturated rings. The SMILES string of the molecule is O=C(NCc1ccc2c(c1)OCO2)C(=O)NCC1(OCCO)CCSCC1. The minimum Gasteiger partial charge on any atom is -0.454 e. The van der Waals surface area contributed by atoms with Gasteiger partial charge in [-0.1, -0.05) is 6.07 Å². The third kappa shape index (κ3) is 5.27. The van der Waals surface area contributed by atoms with Gasteiger partial charge >= 0.3 is 11.8 Å². The van der Waals surface area contributed by atoms with E-state index in [0.29, 0.717) is 11.5 Å². The zero-order valence-corrected chi connectivity index (χ0v) is 15.8. The molecule has 0 aromatic heterocycles. The number of fused-ring (bicyclic) bond motifs is 1. The number of thioether (sulfide) groups is 1. The molecule has 2 aliphatic rings. The van der Waals surface area contributed by atoms with E-state index >= 15 is 0 Å². The lowest BCUT2D eigenvalue weighted by atomic mass is 9.96. The summed E-state index contributed by atoms with van der Waals surface area (Å²) in [4.78, 5) is 24.2. The van der Waals surface area contributed by atoms with Gasteiger partial charge in [0.2, 0.25) is 6.79 Å². The molecular formula is C18H24N2O6S.